The number of alkyl halides is 1. The summed E-state index contributed by atoms with van der Waals surface area (Å²) in [5.74, 6) is 0. The van der Waals surface area contributed by atoms with Crippen molar-refractivity contribution in [3.05, 3.63) is 0 Å². The molecule has 0 aliphatic carbocycles. The molecule has 10 heavy (non-hydrogen) atoms. The van der Waals surface area contributed by atoms with Gasteiger partial charge in [-0.15, -0.1) is 0 Å². The van der Waals surface area contributed by atoms with Crippen molar-refractivity contribution in [3.63, 3.8) is 0 Å². The SMILES string of the molecule is CC(O)OCCOCCF. The van der Waals surface area contributed by atoms with Gasteiger partial charge in [0.1, 0.15) is 6.67 Å². The Labute approximate surface area is 59.8 Å². The number of aliphatic hydroxyl groups is 1. The van der Waals surface area contributed by atoms with Gasteiger partial charge in [-0.2, -0.15) is 0 Å². The lowest BCUT2D eigenvalue weighted by molar-refractivity contribution is -0.0996. The molecule has 0 aromatic rings. The van der Waals surface area contributed by atoms with Crippen molar-refractivity contribution >= 4 is 0 Å². The summed E-state index contributed by atoms with van der Waals surface area (Å²) in [7, 11) is 0. The van der Waals surface area contributed by atoms with Crippen LogP contribution in [0.2, 0.25) is 0 Å². The number of hydrogen-bond donors (Lipinski definition) is 1. The highest BCUT2D eigenvalue weighted by Crippen LogP contribution is 1.84. The summed E-state index contributed by atoms with van der Waals surface area (Å²) in [6.45, 7) is 1.76. The molecule has 1 atom stereocenters. The molecule has 1 N–H and O–H groups in total. The van der Waals surface area contributed by atoms with E-state index in [2.05, 4.69) is 0 Å². The predicted octanol–water partition coefficient (Wildman–Crippen LogP) is 0.327. The van der Waals surface area contributed by atoms with E-state index in [1.165, 1.54) is 6.92 Å². The van der Waals surface area contributed by atoms with Crippen molar-refractivity contribution in [2.45, 2.75) is 13.2 Å². The Hall–Kier alpha value is -0.190. The van der Waals surface area contributed by atoms with Crippen LogP contribution < -0.4 is 0 Å². The minimum absolute atomic E-state index is 0.100. The summed E-state index contributed by atoms with van der Waals surface area (Å²) in [5, 5.41) is 8.56. The van der Waals surface area contributed by atoms with Crippen LogP contribution in [0.3, 0.4) is 0 Å². The lowest BCUT2D eigenvalue weighted by Gasteiger charge is -2.05. The van der Waals surface area contributed by atoms with Crippen LogP contribution in [0.25, 0.3) is 0 Å². The van der Waals surface area contributed by atoms with Crippen LogP contribution in [0, 0.1) is 0 Å². The minimum atomic E-state index is -0.769. The molecule has 62 valence electrons. The van der Waals surface area contributed by atoms with Gasteiger partial charge in [0.05, 0.1) is 19.8 Å². The molecule has 0 aliphatic heterocycles. The van der Waals surface area contributed by atoms with Crippen LogP contribution in [0.15, 0.2) is 0 Å². The second-order valence-corrected chi connectivity index (χ2v) is 1.77. The van der Waals surface area contributed by atoms with E-state index < -0.39 is 13.0 Å². The van der Waals surface area contributed by atoms with Crippen molar-refractivity contribution in [3.8, 4) is 0 Å². The molecular formula is C6H13FO3. The van der Waals surface area contributed by atoms with Crippen molar-refractivity contribution in [2.75, 3.05) is 26.5 Å². The molecule has 0 aromatic heterocycles. The van der Waals surface area contributed by atoms with Crippen LogP contribution in [0.4, 0.5) is 4.39 Å². The Morgan fingerprint density at radius 1 is 1.40 bits per heavy atom. The molecule has 1 unspecified atom stereocenters. The van der Waals surface area contributed by atoms with E-state index in [9.17, 15) is 4.39 Å². The lowest BCUT2D eigenvalue weighted by atomic mass is 10.7. The molecule has 0 radical (unpaired) electrons. The van der Waals surface area contributed by atoms with Gasteiger partial charge in [-0.25, -0.2) is 4.39 Å². The Kier molecular flexibility index (Phi) is 6.79. The maximum absolute atomic E-state index is 11.4. The van der Waals surface area contributed by atoms with Gasteiger partial charge in [-0.3, -0.25) is 0 Å². The summed E-state index contributed by atoms with van der Waals surface area (Å²) < 4.78 is 20.8. The van der Waals surface area contributed by atoms with Crippen molar-refractivity contribution in [1.29, 1.82) is 0 Å². The summed E-state index contributed by atoms with van der Waals surface area (Å²) in [4.78, 5) is 0. The molecule has 3 nitrogen and oxygen atoms in total. The van der Waals surface area contributed by atoms with Gasteiger partial charge in [0.2, 0.25) is 0 Å². The van der Waals surface area contributed by atoms with Crippen molar-refractivity contribution in [1.82, 2.24) is 0 Å². The first kappa shape index (κ1) is 9.81. The Morgan fingerprint density at radius 3 is 2.60 bits per heavy atom. The zero-order valence-electron chi connectivity index (χ0n) is 6.05. The summed E-state index contributed by atoms with van der Waals surface area (Å²) in [6.07, 6.45) is -0.769. The first-order chi connectivity index (χ1) is 4.77. The highest BCUT2D eigenvalue weighted by Gasteiger charge is 1.93. The fourth-order valence-corrected chi connectivity index (χ4v) is 0.434. The largest absolute Gasteiger partial charge is 0.376 e. The third-order valence-electron chi connectivity index (χ3n) is 0.808. The maximum Gasteiger partial charge on any atom is 0.151 e. The Bertz CT molecular complexity index is 68.0. The van der Waals surface area contributed by atoms with Crippen molar-refractivity contribution < 1.29 is 19.0 Å². The van der Waals surface area contributed by atoms with Gasteiger partial charge in [0, 0.05) is 0 Å². The van der Waals surface area contributed by atoms with Gasteiger partial charge in [0.25, 0.3) is 0 Å². The smallest absolute Gasteiger partial charge is 0.151 e. The van der Waals surface area contributed by atoms with E-state index >= 15 is 0 Å². The quantitative estimate of drug-likeness (QED) is 0.440. The van der Waals surface area contributed by atoms with Crippen LogP contribution in [-0.4, -0.2) is 37.9 Å². The zero-order chi connectivity index (χ0) is 7.82. The molecule has 0 aromatic carbocycles. The van der Waals surface area contributed by atoms with E-state index in [1.54, 1.807) is 0 Å². The molecule has 0 saturated heterocycles. The second-order valence-electron chi connectivity index (χ2n) is 1.77. The highest BCUT2D eigenvalue weighted by atomic mass is 19.1. The van der Waals surface area contributed by atoms with Crippen molar-refractivity contribution in [2.24, 2.45) is 0 Å². The molecule has 0 bridgehead atoms. The highest BCUT2D eigenvalue weighted by molar-refractivity contribution is 4.30. The molecule has 0 fully saturated rings. The van der Waals surface area contributed by atoms with Crippen LogP contribution >= 0.6 is 0 Å². The van der Waals surface area contributed by atoms with Crippen LogP contribution in [0.5, 0.6) is 0 Å². The van der Waals surface area contributed by atoms with Gasteiger partial charge in [-0.1, -0.05) is 0 Å². The monoisotopic (exact) mass is 152 g/mol. The fourth-order valence-electron chi connectivity index (χ4n) is 0.434. The van der Waals surface area contributed by atoms with E-state index in [-0.39, 0.29) is 6.61 Å². The first-order valence-electron chi connectivity index (χ1n) is 3.20. The maximum atomic E-state index is 11.4. The fraction of sp³-hybridized carbons (Fsp3) is 1.00. The molecular weight excluding hydrogens is 139 g/mol. The topological polar surface area (TPSA) is 38.7 Å². The van der Waals surface area contributed by atoms with Gasteiger partial charge < -0.3 is 14.6 Å². The molecule has 0 saturated carbocycles. The van der Waals surface area contributed by atoms with Crippen LogP contribution in [0.1, 0.15) is 6.92 Å². The molecule has 0 rings (SSSR count). The molecule has 0 amide bonds. The van der Waals surface area contributed by atoms with E-state index in [0.29, 0.717) is 13.2 Å². The van der Waals surface area contributed by atoms with E-state index in [0.717, 1.165) is 0 Å². The Morgan fingerprint density at radius 2 is 2.10 bits per heavy atom. The predicted molar refractivity (Wildman–Crippen MR) is 34.4 cm³/mol. The summed E-state index contributed by atoms with van der Waals surface area (Å²) in [5.41, 5.74) is 0. The van der Waals surface area contributed by atoms with Gasteiger partial charge in [0.15, 0.2) is 6.29 Å². The third-order valence-corrected chi connectivity index (χ3v) is 0.808. The zero-order valence-corrected chi connectivity index (χ0v) is 6.05. The lowest BCUT2D eigenvalue weighted by Crippen LogP contribution is -2.12. The van der Waals surface area contributed by atoms with E-state index in [4.69, 9.17) is 14.6 Å². The number of ether oxygens (including phenoxy) is 2. The number of halogens is 1. The average molecular weight is 152 g/mol. The Balaban J connectivity index is 2.77. The minimum Gasteiger partial charge on any atom is -0.376 e. The molecule has 0 spiro atoms. The average Bonchev–Trinajstić information content (AvgIpc) is 1.87. The molecule has 0 aliphatic rings. The van der Waals surface area contributed by atoms with Gasteiger partial charge in [-0.05, 0) is 6.92 Å². The number of hydrogen-bond acceptors (Lipinski definition) is 3. The number of aliphatic hydroxyl groups excluding tert-OH is 1. The molecule has 4 heteroatoms. The third kappa shape index (κ3) is 7.81. The summed E-state index contributed by atoms with van der Waals surface area (Å²) in [6, 6.07) is 0. The first-order valence-corrected chi connectivity index (χ1v) is 3.20. The second kappa shape index (κ2) is 6.92. The summed E-state index contributed by atoms with van der Waals surface area (Å²) >= 11 is 0. The van der Waals surface area contributed by atoms with Gasteiger partial charge >= 0.3 is 0 Å². The van der Waals surface area contributed by atoms with Crippen LogP contribution in [-0.2, 0) is 9.47 Å². The number of rotatable bonds is 6. The van der Waals surface area contributed by atoms with E-state index in [1.807, 2.05) is 0 Å². The standard InChI is InChI=1S/C6H13FO3/c1-6(8)10-5-4-9-3-2-7/h6,8H,2-5H2,1H3. The molecule has 0 heterocycles. The normalized spacial score (nSPS) is 13.5.